The van der Waals surface area contributed by atoms with Gasteiger partial charge in [-0.2, -0.15) is 0 Å². The maximum absolute atomic E-state index is 4.57. The first kappa shape index (κ1) is 20.1. The first-order valence-electron chi connectivity index (χ1n) is 8.00. The number of nitrogens with one attached hydrogen (secondary N) is 2. The summed E-state index contributed by atoms with van der Waals surface area (Å²) < 4.78 is 1.33. The molecule has 4 nitrogen and oxygen atoms in total. The highest BCUT2D eigenvalue weighted by Crippen LogP contribution is 2.25. The number of aryl methyl sites for hydroxylation is 2. The van der Waals surface area contributed by atoms with Crippen LogP contribution in [0.4, 0.5) is 0 Å². The van der Waals surface area contributed by atoms with Crippen LogP contribution in [0.15, 0.2) is 34.6 Å². The predicted molar refractivity (Wildman–Crippen MR) is 121 cm³/mol. The molecule has 2 aromatic heterocycles. The standard InChI is InChI=1S/C18H22N4S2.HI/c1-12-13(2)24-17(22-12)8-9-20-18(19-3)21-10-14-11-23-16-7-5-4-6-15(14)16;/h4-7,11H,8-10H2,1-3H3,(H2,19,20,21);1H. The lowest BCUT2D eigenvalue weighted by Crippen LogP contribution is -2.37. The number of aromatic nitrogens is 1. The first-order chi connectivity index (χ1) is 11.7. The fourth-order valence-electron chi connectivity index (χ4n) is 2.50. The number of thiophene rings is 1. The van der Waals surface area contributed by atoms with Crippen LogP contribution in [0.3, 0.4) is 0 Å². The molecule has 3 aromatic rings. The van der Waals surface area contributed by atoms with Crippen molar-refractivity contribution in [3.8, 4) is 0 Å². The zero-order chi connectivity index (χ0) is 16.9. The van der Waals surface area contributed by atoms with Crippen LogP contribution < -0.4 is 10.6 Å². The smallest absolute Gasteiger partial charge is 0.191 e. The molecule has 0 fully saturated rings. The molecule has 0 bridgehead atoms. The highest BCUT2D eigenvalue weighted by molar-refractivity contribution is 14.0. The molecule has 0 amide bonds. The van der Waals surface area contributed by atoms with Gasteiger partial charge in [-0.05, 0) is 36.2 Å². The number of aliphatic imine (C=N–C) groups is 1. The average Bonchev–Trinajstić information content (AvgIpc) is 3.14. The third kappa shape index (κ3) is 5.15. The van der Waals surface area contributed by atoms with Crippen LogP contribution >= 0.6 is 46.7 Å². The summed E-state index contributed by atoms with van der Waals surface area (Å²) >= 11 is 3.56. The lowest BCUT2D eigenvalue weighted by atomic mass is 10.2. The second kappa shape index (κ2) is 9.49. The summed E-state index contributed by atoms with van der Waals surface area (Å²) in [6.45, 7) is 5.79. The average molecular weight is 486 g/mol. The van der Waals surface area contributed by atoms with Gasteiger partial charge in [0, 0.05) is 36.1 Å². The summed E-state index contributed by atoms with van der Waals surface area (Å²) in [6.07, 6.45) is 0.918. The third-order valence-corrected chi connectivity index (χ3v) is 6.08. The van der Waals surface area contributed by atoms with Crippen molar-refractivity contribution in [3.05, 3.63) is 50.8 Å². The number of hydrogen-bond donors (Lipinski definition) is 2. The molecule has 25 heavy (non-hydrogen) atoms. The maximum atomic E-state index is 4.57. The summed E-state index contributed by atoms with van der Waals surface area (Å²) in [5, 5.41) is 11.5. The third-order valence-electron chi connectivity index (χ3n) is 3.94. The highest BCUT2D eigenvalue weighted by atomic mass is 127. The van der Waals surface area contributed by atoms with E-state index in [0.29, 0.717) is 0 Å². The normalized spacial score (nSPS) is 11.4. The van der Waals surface area contributed by atoms with Crippen molar-refractivity contribution in [3.63, 3.8) is 0 Å². The van der Waals surface area contributed by atoms with Crippen molar-refractivity contribution in [1.29, 1.82) is 0 Å². The highest BCUT2D eigenvalue weighted by Gasteiger charge is 2.06. The molecule has 134 valence electrons. The van der Waals surface area contributed by atoms with E-state index in [-0.39, 0.29) is 24.0 Å². The minimum Gasteiger partial charge on any atom is -0.356 e. The van der Waals surface area contributed by atoms with E-state index in [1.54, 1.807) is 29.7 Å². The van der Waals surface area contributed by atoms with E-state index in [4.69, 9.17) is 0 Å². The Labute approximate surface area is 173 Å². The van der Waals surface area contributed by atoms with Crippen molar-refractivity contribution in [1.82, 2.24) is 15.6 Å². The summed E-state index contributed by atoms with van der Waals surface area (Å²) in [5.74, 6) is 0.829. The largest absolute Gasteiger partial charge is 0.356 e. The van der Waals surface area contributed by atoms with Crippen LogP contribution in [-0.2, 0) is 13.0 Å². The molecule has 2 heterocycles. The molecule has 0 radical (unpaired) electrons. The van der Waals surface area contributed by atoms with Crippen LogP contribution in [0, 0.1) is 13.8 Å². The Balaban J connectivity index is 0.00000225. The van der Waals surface area contributed by atoms with Gasteiger partial charge in [-0.3, -0.25) is 4.99 Å². The van der Waals surface area contributed by atoms with Crippen molar-refractivity contribution in [2.75, 3.05) is 13.6 Å². The second-order valence-corrected chi connectivity index (χ2v) is 7.81. The van der Waals surface area contributed by atoms with Crippen molar-refractivity contribution < 1.29 is 0 Å². The van der Waals surface area contributed by atoms with Crippen molar-refractivity contribution in [2.45, 2.75) is 26.8 Å². The number of fused-ring (bicyclic) bond motifs is 1. The Kier molecular flexibility index (Phi) is 7.64. The monoisotopic (exact) mass is 486 g/mol. The SMILES string of the molecule is CN=C(NCCc1nc(C)c(C)s1)NCc1csc2ccccc12.I. The van der Waals surface area contributed by atoms with E-state index < -0.39 is 0 Å². The Bertz CT molecular complexity index is 834. The van der Waals surface area contributed by atoms with E-state index in [1.165, 1.54) is 25.5 Å². The van der Waals surface area contributed by atoms with Crippen molar-refractivity contribution >= 4 is 62.7 Å². The number of guanidine groups is 1. The van der Waals surface area contributed by atoms with Crippen LogP contribution in [0.2, 0.25) is 0 Å². The molecule has 7 heteroatoms. The lowest BCUT2D eigenvalue weighted by Gasteiger charge is -2.11. The molecule has 0 spiro atoms. The molecular weight excluding hydrogens is 463 g/mol. The van der Waals surface area contributed by atoms with Crippen LogP contribution in [0.25, 0.3) is 10.1 Å². The van der Waals surface area contributed by atoms with Gasteiger partial charge in [-0.25, -0.2) is 4.98 Å². The maximum Gasteiger partial charge on any atom is 0.191 e. The molecule has 0 aliphatic rings. The van der Waals surface area contributed by atoms with Gasteiger partial charge >= 0.3 is 0 Å². The van der Waals surface area contributed by atoms with E-state index in [2.05, 4.69) is 64.1 Å². The van der Waals surface area contributed by atoms with Gasteiger partial charge in [0.1, 0.15) is 0 Å². The fourth-order valence-corrected chi connectivity index (χ4v) is 4.40. The summed E-state index contributed by atoms with van der Waals surface area (Å²) in [7, 11) is 1.80. The molecule has 0 unspecified atom stereocenters. The Morgan fingerprint density at radius 3 is 2.72 bits per heavy atom. The molecule has 0 aliphatic carbocycles. The molecule has 0 aliphatic heterocycles. The van der Waals surface area contributed by atoms with Crippen LogP contribution in [0.1, 0.15) is 21.1 Å². The zero-order valence-electron chi connectivity index (χ0n) is 14.6. The van der Waals surface area contributed by atoms with E-state index in [0.717, 1.165) is 31.2 Å². The van der Waals surface area contributed by atoms with E-state index in [9.17, 15) is 0 Å². The summed E-state index contributed by atoms with van der Waals surface area (Å²) in [4.78, 5) is 10.2. The number of rotatable bonds is 5. The van der Waals surface area contributed by atoms with Gasteiger partial charge in [0.2, 0.25) is 0 Å². The molecular formula is C18H23IN4S2. The molecule has 0 atom stereocenters. The van der Waals surface area contributed by atoms with Crippen LogP contribution in [-0.4, -0.2) is 24.5 Å². The van der Waals surface area contributed by atoms with Gasteiger partial charge in [0.25, 0.3) is 0 Å². The van der Waals surface area contributed by atoms with Gasteiger partial charge in [-0.1, -0.05) is 18.2 Å². The predicted octanol–water partition coefficient (Wildman–Crippen LogP) is 4.50. The number of halogens is 1. The van der Waals surface area contributed by atoms with Crippen molar-refractivity contribution in [2.24, 2.45) is 4.99 Å². The number of hydrogen-bond acceptors (Lipinski definition) is 4. The Morgan fingerprint density at radius 2 is 2.00 bits per heavy atom. The number of nitrogens with zero attached hydrogens (tertiary/aromatic N) is 2. The fraction of sp³-hybridized carbons (Fsp3) is 0.333. The van der Waals surface area contributed by atoms with E-state index in [1.807, 2.05) is 0 Å². The Morgan fingerprint density at radius 1 is 1.20 bits per heavy atom. The quantitative estimate of drug-likeness (QED) is 0.317. The summed E-state index contributed by atoms with van der Waals surface area (Å²) in [5.41, 5.74) is 2.45. The molecule has 3 rings (SSSR count). The topological polar surface area (TPSA) is 49.3 Å². The second-order valence-electron chi connectivity index (χ2n) is 5.61. The number of benzene rings is 1. The van der Waals surface area contributed by atoms with Gasteiger partial charge < -0.3 is 10.6 Å². The van der Waals surface area contributed by atoms with Gasteiger partial charge in [0.05, 0.1) is 10.7 Å². The zero-order valence-corrected chi connectivity index (χ0v) is 18.6. The van der Waals surface area contributed by atoms with Crippen LogP contribution in [0.5, 0.6) is 0 Å². The Hall–Kier alpha value is -1.19. The minimum absolute atomic E-state index is 0. The molecule has 0 saturated carbocycles. The first-order valence-corrected chi connectivity index (χ1v) is 9.69. The lowest BCUT2D eigenvalue weighted by molar-refractivity contribution is 0.793. The molecule has 0 saturated heterocycles. The van der Waals surface area contributed by atoms with Gasteiger partial charge in [-0.15, -0.1) is 46.7 Å². The summed E-state index contributed by atoms with van der Waals surface area (Å²) in [6, 6.07) is 8.50. The van der Waals surface area contributed by atoms with E-state index >= 15 is 0 Å². The van der Waals surface area contributed by atoms with Gasteiger partial charge in [0.15, 0.2) is 5.96 Å². The molecule has 2 N–H and O–H groups in total. The molecule has 1 aromatic carbocycles. The number of thiazole rings is 1. The minimum atomic E-state index is 0.